The van der Waals surface area contributed by atoms with E-state index in [1.165, 1.54) is 11.1 Å². The maximum atomic E-state index is 13.6. The highest BCUT2D eigenvalue weighted by Gasteiger charge is 2.68. The van der Waals surface area contributed by atoms with Crippen LogP contribution < -0.4 is 0 Å². The fourth-order valence-corrected chi connectivity index (χ4v) is 6.66. The molecule has 2 aromatic rings. The van der Waals surface area contributed by atoms with Gasteiger partial charge in [0.25, 0.3) is 0 Å². The molecule has 1 aliphatic heterocycles. The lowest BCUT2D eigenvalue weighted by Gasteiger charge is -2.57. The van der Waals surface area contributed by atoms with E-state index in [1.54, 1.807) is 7.11 Å². The molecule has 9 rings (SSSR count). The van der Waals surface area contributed by atoms with Crippen LogP contribution in [0.2, 0.25) is 0 Å². The summed E-state index contributed by atoms with van der Waals surface area (Å²) in [6, 6.07) is 18.8. The van der Waals surface area contributed by atoms with Gasteiger partial charge in [0, 0.05) is 24.9 Å². The van der Waals surface area contributed by atoms with E-state index in [2.05, 4.69) is 42.5 Å². The van der Waals surface area contributed by atoms with Crippen LogP contribution >= 0.6 is 0 Å². The molecule has 154 valence electrons. The molecule has 0 N–H and O–H groups in total. The highest BCUT2D eigenvalue weighted by atomic mass is 16.5. The van der Waals surface area contributed by atoms with Gasteiger partial charge in [0.1, 0.15) is 18.1 Å². The highest BCUT2D eigenvalue weighted by molar-refractivity contribution is 5.88. The smallest absolute Gasteiger partial charge is 0.145 e. The maximum Gasteiger partial charge on any atom is 0.145 e. The lowest BCUT2D eigenvalue weighted by Crippen LogP contribution is -2.61. The van der Waals surface area contributed by atoms with Crippen LogP contribution in [0.25, 0.3) is 0 Å². The van der Waals surface area contributed by atoms with Crippen molar-refractivity contribution in [2.75, 3.05) is 20.3 Å². The number of carbonyl (C=O) groups is 1. The van der Waals surface area contributed by atoms with Crippen LogP contribution in [0.3, 0.4) is 0 Å². The van der Waals surface area contributed by atoms with Gasteiger partial charge in [-0.3, -0.25) is 4.79 Å². The average molecular weight is 402 g/mol. The third kappa shape index (κ3) is 2.26. The molecule has 2 fully saturated rings. The van der Waals surface area contributed by atoms with Crippen molar-refractivity contribution < 1.29 is 19.0 Å². The zero-order valence-corrected chi connectivity index (χ0v) is 17.2. The summed E-state index contributed by atoms with van der Waals surface area (Å²) >= 11 is 0. The molecule has 0 radical (unpaired) electrons. The van der Waals surface area contributed by atoms with Gasteiger partial charge in [0.2, 0.25) is 0 Å². The van der Waals surface area contributed by atoms with Gasteiger partial charge >= 0.3 is 0 Å². The summed E-state index contributed by atoms with van der Waals surface area (Å²) in [5.74, 6) is 0.936. The molecule has 1 saturated heterocycles. The largest absolute Gasteiger partial charge is 0.493 e. The number of carbonyl (C=O) groups excluding carboxylic acids is 1. The fourth-order valence-electron chi connectivity index (χ4n) is 6.66. The van der Waals surface area contributed by atoms with Gasteiger partial charge < -0.3 is 14.2 Å². The molecule has 4 bridgehead atoms. The molecule has 0 amide bonds. The molecule has 4 nitrogen and oxygen atoms in total. The van der Waals surface area contributed by atoms with Crippen molar-refractivity contribution in [1.29, 1.82) is 0 Å². The summed E-state index contributed by atoms with van der Waals surface area (Å²) in [6.45, 7) is 1.58. The van der Waals surface area contributed by atoms with E-state index in [9.17, 15) is 4.79 Å². The van der Waals surface area contributed by atoms with Crippen LogP contribution in [0.15, 0.2) is 66.4 Å². The van der Waals surface area contributed by atoms with Gasteiger partial charge in [-0.15, -0.1) is 0 Å². The summed E-state index contributed by atoms with van der Waals surface area (Å²) in [5, 5.41) is 0. The topological polar surface area (TPSA) is 44.8 Å². The highest BCUT2D eigenvalue weighted by Crippen LogP contribution is 2.65. The second-order valence-corrected chi connectivity index (χ2v) is 9.22. The lowest BCUT2D eigenvalue weighted by molar-refractivity contribution is -0.133. The van der Waals surface area contributed by atoms with Gasteiger partial charge in [-0.05, 0) is 29.2 Å². The Bertz CT molecular complexity index is 1030. The number of Topliss-reactive ketones (excluding diaryl/α,β-unsaturated/α-hetero) is 1. The van der Waals surface area contributed by atoms with E-state index in [0.29, 0.717) is 26.2 Å². The number of ketones is 1. The van der Waals surface area contributed by atoms with Crippen LogP contribution in [0.1, 0.15) is 35.4 Å². The second-order valence-electron chi connectivity index (χ2n) is 9.22. The molecule has 2 aromatic carbocycles. The Balaban J connectivity index is 1.53. The number of ether oxygens (including phenoxy) is 3. The predicted octanol–water partition coefficient (Wildman–Crippen LogP) is 4.15. The molecule has 4 heteroatoms. The molecular formula is C26H26O4. The van der Waals surface area contributed by atoms with Crippen LogP contribution in [-0.2, 0) is 31.0 Å². The van der Waals surface area contributed by atoms with Crippen molar-refractivity contribution in [3.8, 4) is 0 Å². The van der Waals surface area contributed by atoms with Crippen molar-refractivity contribution in [3.63, 3.8) is 0 Å². The van der Waals surface area contributed by atoms with Gasteiger partial charge in [0.05, 0.1) is 30.7 Å². The standard InChI is InChI=1S/C26H26O4/c1-28-23-11-19-18-9-5-6-10-20(18)26(23)16-29-15-25(26)12-21(27)24(19)22(13-25)30-14-17-7-3-2-4-8-17/h2-10,13,19,23-24H,11-12,14-16H2,1H3. The first kappa shape index (κ1) is 18.3. The van der Waals surface area contributed by atoms with Crippen molar-refractivity contribution in [2.45, 2.75) is 36.9 Å². The normalized spacial score (nSPS) is 36.0. The van der Waals surface area contributed by atoms with Gasteiger partial charge in [-0.25, -0.2) is 0 Å². The first-order valence-corrected chi connectivity index (χ1v) is 10.8. The van der Waals surface area contributed by atoms with Crippen molar-refractivity contribution >= 4 is 5.78 Å². The molecule has 5 unspecified atom stereocenters. The zero-order valence-electron chi connectivity index (χ0n) is 17.2. The monoisotopic (exact) mass is 402 g/mol. The number of benzene rings is 2. The van der Waals surface area contributed by atoms with E-state index in [1.807, 2.05) is 18.2 Å². The molecule has 1 heterocycles. The molecule has 1 saturated carbocycles. The minimum Gasteiger partial charge on any atom is -0.493 e. The van der Waals surface area contributed by atoms with E-state index < -0.39 is 5.41 Å². The summed E-state index contributed by atoms with van der Waals surface area (Å²) < 4.78 is 18.7. The Morgan fingerprint density at radius 1 is 1.07 bits per heavy atom. The first-order chi connectivity index (χ1) is 14.7. The van der Waals surface area contributed by atoms with E-state index in [-0.39, 0.29) is 29.1 Å². The number of hydrogen-bond acceptors (Lipinski definition) is 4. The van der Waals surface area contributed by atoms with Gasteiger partial charge in [-0.2, -0.15) is 0 Å². The Kier molecular flexibility index (Phi) is 4.00. The van der Waals surface area contributed by atoms with Gasteiger partial charge in [-0.1, -0.05) is 54.6 Å². The third-order valence-electron chi connectivity index (χ3n) is 7.93. The molecule has 6 aliphatic carbocycles. The van der Waals surface area contributed by atoms with Crippen molar-refractivity contribution in [2.24, 2.45) is 11.3 Å². The molecule has 2 spiro atoms. The first-order valence-electron chi connectivity index (χ1n) is 10.8. The number of hydrogen-bond donors (Lipinski definition) is 0. The minimum absolute atomic E-state index is 0.0300. The Hall–Kier alpha value is -2.43. The molecule has 5 atom stereocenters. The SMILES string of the molecule is COC1CC2c3ccccc3C13COCC31C=C(OCc3ccccc3)C2C(=O)C1. The van der Waals surface area contributed by atoms with Crippen LogP contribution in [0.4, 0.5) is 0 Å². The van der Waals surface area contributed by atoms with Crippen molar-refractivity contribution in [1.82, 2.24) is 0 Å². The Morgan fingerprint density at radius 3 is 2.70 bits per heavy atom. The average Bonchev–Trinajstić information content (AvgIpc) is 3.08. The summed E-state index contributed by atoms with van der Waals surface area (Å²) in [5.41, 5.74) is 2.92. The van der Waals surface area contributed by atoms with Crippen molar-refractivity contribution in [3.05, 3.63) is 83.1 Å². The quantitative estimate of drug-likeness (QED) is 0.771. The van der Waals surface area contributed by atoms with E-state index in [4.69, 9.17) is 14.2 Å². The van der Waals surface area contributed by atoms with E-state index >= 15 is 0 Å². The second kappa shape index (κ2) is 6.53. The minimum atomic E-state index is -0.422. The summed E-state index contributed by atoms with van der Waals surface area (Å²) in [6.07, 6.45) is 3.60. The van der Waals surface area contributed by atoms with Crippen LogP contribution in [0, 0.1) is 11.3 Å². The lowest BCUT2D eigenvalue weighted by atomic mass is 9.46. The van der Waals surface area contributed by atoms with E-state index in [0.717, 1.165) is 17.7 Å². The van der Waals surface area contributed by atoms with Crippen LogP contribution in [0.5, 0.6) is 0 Å². The predicted molar refractivity (Wildman–Crippen MR) is 112 cm³/mol. The Labute approximate surface area is 176 Å². The molecular weight excluding hydrogens is 376 g/mol. The molecule has 0 aromatic heterocycles. The van der Waals surface area contributed by atoms with Gasteiger partial charge in [0.15, 0.2) is 0 Å². The summed E-state index contributed by atoms with van der Waals surface area (Å²) in [4.78, 5) is 13.6. The maximum absolute atomic E-state index is 13.6. The number of rotatable bonds is 4. The number of allylic oxidation sites excluding steroid dienone is 1. The zero-order chi connectivity index (χ0) is 20.3. The summed E-state index contributed by atoms with van der Waals surface area (Å²) in [7, 11) is 1.80. The number of methoxy groups -OCH3 is 1. The molecule has 7 aliphatic rings. The fraction of sp³-hybridized carbons (Fsp3) is 0.423. The Morgan fingerprint density at radius 2 is 1.87 bits per heavy atom. The molecule has 30 heavy (non-hydrogen) atoms. The third-order valence-corrected chi connectivity index (χ3v) is 7.93. The van der Waals surface area contributed by atoms with Crippen LogP contribution in [-0.4, -0.2) is 32.2 Å².